The lowest BCUT2D eigenvalue weighted by Crippen LogP contribution is -2.27. The molecule has 0 fully saturated rings. The van der Waals surface area contributed by atoms with Crippen molar-refractivity contribution >= 4 is 23.6 Å². The summed E-state index contributed by atoms with van der Waals surface area (Å²) >= 11 is 5.90. The Kier molecular flexibility index (Phi) is 5.51. The highest BCUT2D eigenvalue weighted by Crippen LogP contribution is 2.27. The van der Waals surface area contributed by atoms with Crippen LogP contribution in [-0.4, -0.2) is 27.3 Å². The molecule has 2 aromatic heterocycles. The van der Waals surface area contributed by atoms with Crippen molar-refractivity contribution < 1.29 is 19.1 Å². The van der Waals surface area contributed by atoms with Gasteiger partial charge in [-0.25, -0.2) is 9.36 Å². The van der Waals surface area contributed by atoms with E-state index in [1.165, 1.54) is 42.2 Å². The summed E-state index contributed by atoms with van der Waals surface area (Å²) in [6, 6.07) is 16.7. The van der Waals surface area contributed by atoms with Crippen molar-refractivity contribution in [3.05, 3.63) is 94.2 Å². The molecule has 1 N–H and O–H groups in total. The Balaban J connectivity index is 1.78. The van der Waals surface area contributed by atoms with Gasteiger partial charge in [-0.2, -0.15) is 0 Å². The van der Waals surface area contributed by atoms with Crippen molar-refractivity contribution in [3.63, 3.8) is 0 Å². The minimum absolute atomic E-state index is 0.0147. The summed E-state index contributed by atoms with van der Waals surface area (Å²) in [4.78, 5) is 26.1. The van der Waals surface area contributed by atoms with E-state index < -0.39 is 11.6 Å². The van der Waals surface area contributed by atoms with Crippen LogP contribution in [0.4, 0.5) is 0 Å². The number of aromatic hydroxyl groups is 1. The minimum atomic E-state index is -0.575. The van der Waals surface area contributed by atoms with Crippen LogP contribution >= 0.6 is 11.6 Å². The summed E-state index contributed by atoms with van der Waals surface area (Å²) in [7, 11) is 1.43. The zero-order valence-corrected chi connectivity index (χ0v) is 17.1. The standard InChI is InChI=1S/C23H17ClN2O5/c1-30-20-13-15(7-9-18(20)27)8-12-22(28)26-17(19-10-11-21(24)31-19)14-25(23(26)29)16-5-3-2-4-6-16/h2-14,27H,1H3/b12-8+. The van der Waals surface area contributed by atoms with Crippen LogP contribution in [0, 0.1) is 0 Å². The molecule has 0 aliphatic heterocycles. The van der Waals surface area contributed by atoms with Crippen LogP contribution < -0.4 is 10.4 Å². The Labute approximate surface area is 182 Å². The van der Waals surface area contributed by atoms with Gasteiger partial charge in [0, 0.05) is 12.3 Å². The quantitative estimate of drug-likeness (QED) is 0.461. The fourth-order valence-corrected chi connectivity index (χ4v) is 3.24. The van der Waals surface area contributed by atoms with Crippen LogP contribution in [0.2, 0.25) is 5.22 Å². The average Bonchev–Trinajstić information content (AvgIpc) is 3.36. The maximum Gasteiger partial charge on any atom is 0.340 e. The van der Waals surface area contributed by atoms with Crippen LogP contribution in [0.25, 0.3) is 23.2 Å². The lowest BCUT2D eigenvalue weighted by molar-refractivity contribution is 0.0967. The van der Waals surface area contributed by atoms with E-state index in [1.807, 2.05) is 6.07 Å². The first-order valence-corrected chi connectivity index (χ1v) is 9.60. The van der Waals surface area contributed by atoms with E-state index >= 15 is 0 Å². The SMILES string of the molecule is COc1cc(/C=C/C(=O)n2c(-c3ccc(Cl)o3)cn(-c3ccccc3)c2=O)ccc1O. The van der Waals surface area contributed by atoms with E-state index in [0.717, 1.165) is 4.57 Å². The fraction of sp³-hybridized carbons (Fsp3) is 0.0435. The van der Waals surface area contributed by atoms with Gasteiger partial charge in [0.25, 0.3) is 5.91 Å². The van der Waals surface area contributed by atoms with Crippen molar-refractivity contribution in [2.75, 3.05) is 7.11 Å². The number of benzene rings is 2. The molecule has 0 atom stereocenters. The molecule has 0 aliphatic carbocycles. The molecule has 156 valence electrons. The zero-order valence-electron chi connectivity index (χ0n) is 16.4. The first kappa shape index (κ1) is 20.3. The Morgan fingerprint density at radius 1 is 1.13 bits per heavy atom. The van der Waals surface area contributed by atoms with Gasteiger partial charge < -0.3 is 14.3 Å². The molecule has 0 aliphatic rings. The number of rotatable bonds is 5. The van der Waals surface area contributed by atoms with Crippen molar-refractivity contribution in [3.8, 4) is 28.6 Å². The Morgan fingerprint density at radius 2 is 1.90 bits per heavy atom. The highest BCUT2D eigenvalue weighted by molar-refractivity contribution is 6.29. The molecule has 0 spiro atoms. The predicted molar refractivity (Wildman–Crippen MR) is 117 cm³/mol. The number of carbonyl (C=O) groups is 1. The number of furan rings is 1. The maximum absolute atomic E-state index is 13.1. The van der Waals surface area contributed by atoms with Gasteiger partial charge in [0.2, 0.25) is 0 Å². The summed E-state index contributed by atoms with van der Waals surface area (Å²) < 4.78 is 12.9. The van der Waals surface area contributed by atoms with Crippen LogP contribution in [0.15, 0.2) is 82.1 Å². The summed E-state index contributed by atoms with van der Waals surface area (Å²) in [6.07, 6.45) is 4.31. The molecule has 0 bridgehead atoms. The first-order chi connectivity index (χ1) is 15.0. The van der Waals surface area contributed by atoms with E-state index in [0.29, 0.717) is 11.3 Å². The van der Waals surface area contributed by atoms with Crippen molar-refractivity contribution in [1.29, 1.82) is 0 Å². The summed E-state index contributed by atoms with van der Waals surface area (Å²) in [5.74, 6) is -0.0360. The third-order valence-corrected chi connectivity index (χ3v) is 4.80. The molecule has 2 heterocycles. The number of nitrogens with zero attached hydrogens (tertiary/aromatic N) is 2. The summed E-state index contributed by atoms with van der Waals surface area (Å²) in [5, 5.41) is 9.86. The molecule has 0 unspecified atom stereocenters. The summed E-state index contributed by atoms with van der Waals surface area (Å²) in [5.41, 5.74) is 0.927. The number of phenolic OH excluding ortho intramolecular Hbond substituents is 1. The highest BCUT2D eigenvalue weighted by atomic mass is 35.5. The molecule has 0 saturated carbocycles. The number of ether oxygens (including phenoxy) is 1. The molecule has 4 aromatic rings. The third kappa shape index (κ3) is 4.04. The second kappa shape index (κ2) is 8.41. The largest absolute Gasteiger partial charge is 0.504 e. The Bertz CT molecular complexity index is 1330. The molecule has 7 nitrogen and oxygen atoms in total. The molecular formula is C23H17ClN2O5. The fourth-order valence-electron chi connectivity index (χ4n) is 3.10. The maximum atomic E-state index is 13.1. The Hall–Kier alpha value is -3.97. The molecule has 2 aromatic carbocycles. The van der Waals surface area contributed by atoms with Crippen molar-refractivity contribution in [1.82, 2.24) is 9.13 Å². The molecule has 0 saturated heterocycles. The van der Waals surface area contributed by atoms with Gasteiger partial charge in [0.15, 0.2) is 22.5 Å². The first-order valence-electron chi connectivity index (χ1n) is 9.23. The van der Waals surface area contributed by atoms with E-state index in [4.69, 9.17) is 20.8 Å². The lowest BCUT2D eigenvalue weighted by atomic mass is 10.2. The van der Waals surface area contributed by atoms with Gasteiger partial charge in [-0.3, -0.25) is 9.36 Å². The molecular weight excluding hydrogens is 420 g/mol. The molecule has 0 amide bonds. The molecule has 8 heteroatoms. The van der Waals surface area contributed by atoms with Crippen LogP contribution in [-0.2, 0) is 0 Å². The van der Waals surface area contributed by atoms with Crippen LogP contribution in [0.1, 0.15) is 10.4 Å². The van der Waals surface area contributed by atoms with Crippen molar-refractivity contribution in [2.45, 2.75) is 0 Å². The summed E-state index contributed by atoms with van der Waals surface area (Å²) in [6.45, 7) is 0. The highest BCUT2D eigenvalue weighted by Gasteiger charge is 2.20. The minimum Gasteiger partial charge on any atom is -0.504 e. The number of carbonyl (C=O) groups excluding carboxylic acids is 1. The Morgan fingerprint density at radius 3 is 2.58 bits per heavy atom. The number of para-hydroxylation sites is 1. The van der Waals surface area contributed by atoms with Gasteiger partial charge in [-0.1, -0.05) is 24.3 Å². The van der Waals surface area contributed by atoms with E-state index in [1.54, 1.807) is 42.5 Å². The van der Waals surface area contributed by atoms with Gasteiger partial charge >= 0.3 is 5.69 Å². The lowest BCUT2D eigenvalue weighted by Gasteiger charge is -2.04. The predicted octanol–water partition coefficient (Wildman–Crippen LogP) is 4.62. The third-order valence-electron chi connectivity index (χ3n) is 4.59. The number of aromatic nitrogens is 2. The van der Waals surface area contributed by atoms with Gasteiger partial charge in [0.05, 0.1) is 12.8 Å². The smallest absolute Gasteiger partial charge is 0.340 e. The normalized spacial score (nSPS) is 11.2. The second-order valence-electron chi connectivity index (χ2n) is 6.54. The topological polar surface area (TPSA) is 86.6 Å². The number of imidazole rings is 1. The van der Waals surface area contributed by atoms with Crippen LogP contribution in [0.3, 0.4) is 0 Å². The monoisotopic (exact) mass is 436 g/mol. The number of allylic oxidation sites excluding steroid dienone is 1. The van der Waals surface area contributed by atoms with E-state index in [9.17, 15) is 14.7 Å². The molecule has 31 heavy (non-hydrogen) atoms. The number of methoxy groups -OCH3 is 1. The van der Waals surface area contributed by atoms with Gasteiger partial charge in [0.1, 0.15) is 5.69 Å². The van der Waals surface area contributed by atoms with Crippen LogP contribution in [0.5, 0.6) is 11.5 Å². The van der Waals surface area contributed by atoms with Gasteiger partial charge in [-0.15, -0.1) is 0 Å². The average molecular weight is 437 g/mol. The number of hydrogen-bond acceptors (Lipinski definition) is 5. The molecule has 4 rings (SSSR count). The van der Waals surface area contributed by atoms with E-state index in [-0.39, 0.29) is 28.2 Å². The number of phenols is 1. The molecule has 0 radical (unpaired) electrons. The number of hydrogen-bond donors (Lipinski definition) is 1. The van der Waals surface area contributed by atoms with E-state index in [2.05, 4.69) is 0 Å². The second-order valence-corrected chi connectivity index (χ2v) is 6.92. The number of halogens is 1. The van der Waals surface area contributed by atoms with Crippen molar-refractivity contribution in [2.24, 2.45) is 0 Å². The zero-order chi connectivity index (χ0) is 22.0. The van der Waals surface area contributed by atoms with Gasteiger partial charge in [-0.05, 0) is 59.6 Å².